The second-order valence-corrected chi connectivity index (χ2v) is 5.18. The van der Waals surface area contributed by atoms with Crippen molar-refractivity contribution in [1.29, 1.82) is 0 Å². The maximum Gasteiger partial charge on any atom is 0.273 e. The molecule has 0 bridgehead atoms. The number of amides is 1. The van der Waals surface area contributed by atoms with Gasteiger partial charge >= 0.3 is 0 Å². The topological polar surface area (TPSA) is 33.2 Å². The second kappa shape index (κ2) is 5.17. The van der Waals surface area contributed by atoms with Crippen molar-refractivity contribution in [2.75, 3.05) is 12.4 Å². The van der Waals surface area contributed by atoms with E-state index in [4.69, 9.17) is 11.6 Å². The lowest BCUT2D eigenvalue weighted by Gasteiger charge is -2.21. The van der Waals surface area contributed by atoms with Gasteiger partial charge in [0, 0.05) is 30.0 Å². The van der Waals surface area contributed by atoms with Gasteiger partial charge in [0.25, 0.3) is 5.91 Å². The molecule has 3 rings (SSSR count). The molecule has 1 aromatic heterocycles. The van der Waals surface area contributed by atoms with E-state index in [9.17, 15) is 4.79 Å². The first-order chi connectivity index (χ1) is 9.31. The van der Waals surface area contributed by atoms with E-state index in [-0.39, 0.29) is 5.91 Å². The van der Waals surface area contributed by atoms with Gasteiger partial charge in [-0.15, -0.1) is 11.6 Å². The third kappa shape index (κ3) is 2.43. The lowest BCUT2D eigenvalue weighted by atomic mass is 10.1. The van der Waals surface area contributed by atoms with E-state index < -0.39 is 0 Å². The highest BCUT2D eigenvalue weighted by Crippen LogP contribution is 2.29. The lowest BCUT2D eigenvalue weighted by molar-refractivity contribution is 0.0750. The molecule has 0 spiro atoms. The van der Waals surface area contributed by atoms with Crippen molar-refractivity contribution in [3.8, 4) is 0 Å². The number of carbonyl (C=O) groups is 1. The summed E-state index contributed by atoms with van der Waals surface area (Å²) in [6, 6.07) is 10.1. The fraction of sp³-hybridized carbons (Fsp3) is 0.333. The van der Waals surface area contributed by atoms with Gasteiger partial charge in [0.2, 0.25) is 0 Å². The molecule has 0 saturated heterocycles. The molecule has 1 saturated carbocycles. The molecule has 1 aliphatic rings. The summed E-state index contributed by atoms with van der Waals surface area (Å²) in [5, 5.41) is 1.96. The Balaban J connectivity index is 2.00. The van der Waals surface area contributed by atoms with Gasteiger partial charge in [0.1, 0.15) is 5.69 Å². The van der Waals surface area contributed by atoms with E-state index in [1.165, 1.54) is 0 Å². The zero-order chi connectivity index (χ0) is 13.2. The monoisotopic (exact) mass is 274 g/mol. The minimum Gasteiger partial charge on any atom is -0.333 e. The number of aromatic nitrogens is 1. The molecule has 0 radical (unpaired) electrons. The van der Waals surface area contributed by atoms with E-state index in [2.05, 4.69) is 4.98 Å². The molecule has 4 heteroatoms. The molecule has 0 aliphatic heterocycles. The first-order valence-electron chi connectivity index (χ1n) is 6.52. The minimum absolute atomic E-state index is 0.0000463. The number of alkyl halides is 1. The van der Waals surface area contributed by atoms with Crippen LogP contribution in [0.2, 0.25) is 0 Å². The normalized spacial score (nSPS) is 14.6. The van der Waals surface area contributed by atoms with E-state index in [1.807, 2.05) is 35.2 Å². The van der Waals surface area contributed by atoms with Crippen LogP contribution in [0.15, 0.2) is 36.5 Å². The summed E-state index contributed by atoms with van der Waals surface area (Å²) in [4.78, 5) is 18.8. The summed E-state index contributed by atoms with van der Waals surface area (Å²) in [5.74, 6) is 0.465. The molecule has 1 aliphatic carbocycles. The summed E-state index contributed by atoms with van der Waals surface area (Å²) in [5.41, 5.74) is 0.537. The molecule has 0 atom stereocenters. The third-order valence-electron chi connectivity index (χ3n) is 3.45. The Hall–Kier alpha value is -1.61. The average molecular weight is 275 g/mol. The minimum atomic E-state index is -0.0000463. The van der Waals surface area contributed by atoms with Crippen LogP contribution in [0.25, 0.3) is 10.8 Å². The van der Waals surface area contributed by atoms with Crippen LogP contribution in [-0.4, -0.2) is 34.3 Å². The quantitative estimate of drug-likeness (QED) is 0.803. The number of nitrogens with zero attached hydrogens (tertiary/aromatic N) is 2. The van der Waals surface area contributed by atoms with Crippen LogP contribution in [0.4, 0.5) is 0 Å². The fourth-order valence-electron chi connectivity index (χ4n) is 2.35. The zero-order valence-electron chi connectivity index (χ0n) is 10.6. The van der Waals surface area contributed by atoms with Crippen LogP contribution in [0.5, 0.6) is 0 Å². The number of hydrogen-bond donors (Lipinski definition) is 0. The summed E-state index contributed by atoms with van der Waals surface area (Å²) in [6.07, 6.45) is 3.85. The van der Waals surface area contributed by atoms with Crippen molar-refractivity contribution in [2.24, 2.45) is 0 Å². The van der Waals surface area contributed by atoms with Gasteiger partial charge in [0.05, 0.1) is 0 Å². The summed E-state index contributed by atoms with van der Waals surface area (Å²) >= 11 is 5.80. The molecule has 1 amide bonds. The van der Waals surface area contributed by atoms with Crippen molar-refractivity contribution >= 4 is 28.3 Å². The predicted octanol–water partition coefficient (Wildman–Crippen LogP) is 3.08. The van der Waals surface area contributed by atoms with Crippen LogP contribution >= 0.6 is 11.6 Å². The van der Waals surface area contributed by atoms with Gasteiger partial charge in [-0.05, 0) is 24.3 Å². The number of rotatable bonds is 4. The number of fused-ring (bicyclic) bond motifs is 1. The van der Waals surface area contributed by atoms with Crippen LogP contribution < -0.4 is 0 Å². The van der Waals surface area contributed by atoms with Crippen LogP contribution in [0, 0.1) is 0 Å². The Bertz CT molecular complexity index is 605. The van der Waals surface area contributed by atoms with E-state index in [0.29, 0.717) is 24.2 Å². The molecule has 1 fully saturated rings. The molecular weight excluding hydrogens is 260 g/mol. The number of hydrogen-bond acceptors (Lipinski definition) is 2. The Morgan fingerprint density at radius 2 is 2.11 bits per heavy atom. The highest BCUT2D eigenvalue weighted by molar-refractivity contribution is 6.18. The third-order valence-corrected chi connectivity index (χ3v) is 3.62. The maximum atomic E-state index is 12.6. The standard InChI is InChI=1S/C15H15ClN2O/c16-8-10-18(12-5-6-12)15(19)14-13-4-2-1-3-11(13)7-9-17-14/h1-4,7,9,12H,5-6,8,10H2. The number of halogens is 1. The lowest BCUT2D eigenvalue weighted by Crippen LogP contribution is -2.35. The fourth-order valence-corrected chi connectivity index (χ4v) is 2.54. The number of benzene rings is 1. The Kier molecular flexibility index (Phi) is 3.38. The summed E-state index contributed by atoms with van der Waals surface area (Å²) in [6.45, 7) is 0.593. The van der Waals surface area contributed by atoms with Gasteiger partial charge < -0.3 is 4.90 Å². The highest BCUT2D eigenvalue weighted by Gasteiger charge is 2.33. The van der Waals surface area contributed by atoms with Crippen molar-refractivity contribution in [2.45, 2.75) is 18.9 Å². The van der Waals surface area contributed by atoms with Crippen LogP contribution in [0.3, 0.4) is 0 Å². The molecular formula is C15H15ClN2O. The SMILES string of the molecule is O=C(c1nccc2ccccc12)N(CCCl)C1CC1. The Morgan fingerprint density at radius 1 is 1.32 bits per heavy atom. The van der Waals surface area contributed by atoms with Crippen molar-refractivity contribution in [1.82, 2.24) is 9.88 Å². The molecule has 3 nitrogen and oxygen atoms in total. The first kappa shape index (κ1) is 12.4. The van der Waals surface area contributed by atoms with E-state index in [1.54, 1.807) is 6.20 Å². The van der Waals surface area contributed by atoms with Gasteiger partial charge in [-0.3, -0.25) is 9.78 Å². The largest absolute Gasteiger partial charge is 0.333 e. The van der Waals surface area contributed by atoms with E-state index in [0.717, 1.165) is 23.6 Å². The summed E-state index contributed by atoms with van der Waals surface area (Å²) in [7, 11) is 0. The first-order valence-corrected chi connectivity index (χ1v) is 7.05. The molecule has 0 N–H and O–H groups in total. The second-order valence-electron chi connectivity index (χ2n) is 4.80. The molecule has 19 heavy (non-hydrogen) atoms. The Labute approximate surface area is 117 Å². The number of pyridine rings is 1. The number of carbonyl (C=O) groups excluding carboxylic acids is 1. The van der Waals surface area contributed by atoms with Crippen LogP contribution in [0.1, 0.15) is 23.3 Å². The molecule has 1 aromatic carbocycles. The summed E-state index contributed by atoms with van der Waals surface area (Å²) < 4.78 is 0. The van der Waals surface area contributed by atoms with Gasteiger partial charge in [-0.25, -0.2) is 0 Å². The van der Waals surface area contributed by atoms with Crippen molar-refractivity contribution in [3.05, 3.63) is 42.2 Å². The van der Waals surface area contributed by atoms with Crippen LogP contribution in [-0.2, 0) is 0 Å². The zero-order valence-corrected chi connectivity index (χ0v) is 11.3. The van der Waals surface area contributed by atoms with E-state index >= 15 is 0 Å². The average Bonchev–Trinajstić information content (AvgIpc) is 3.28. The van der Waals surface area contributed by atoms with Crippen molar-refractivity contribution < 1.29 is 4.79 Å². The Morgan fingerprint density at radius 3 is 2.84 bits per heavy atom. The van der Waals surface area contributed by atoms with Gasteiger partial charge in [-0.2, -0.15) is 0 Å². The van der Waals surface area contributed by atoms with Gasteiger partial charge in [0.15, 0.2) is 0 Å². The maximum absolute atomic E-state index is 12.6. The molecule has 1 heterocycles. The predicted molar refractivity (Wildman–Crippen MR) is 76.5 cm³/mol. The smallest absolute Gasteiger partial charge is 0.273 e. The molecule has 0 unspecified atom stereocenters. The molecule has 98 valence electrons. The van der Waals surface area contributed by atoms with Gasteiger partial charge in [-0.1, -0.05) is 24.3 Å². The van der Waals surface area contributed by atoms with Crippen molar-refractivity contribution in [3.63, 3.8) is 0 Å². The molecule has 2 aromatic rings. The highest BCUT2D eigenvalue weighted by atomic mass is 35.5.